The van der Waals surface area contributed by atoms with Crippen molar-refractivity contribution < 1.29 is 19.7 Å². The molecule has 0 spiro atoms. The molecule has 138 valence electrons. The average molecular weight is 346 g/mol. The van der Waals surface area contributed by atoms with Gasteiger partial charge in [0, 0.05) is 24.1 Å². The predicted octanol–water partition coefficient (Wildman–Crippen LogP) is 5.28. The van der Waals surface area contributed by atoms with E-state index in [-0.39, 0.29) is 29.1 Å². The number of hydrogen-bond donors (Lipinski definition) is 2. The van der Waals surface area contributed by atoms with Crippen molar-refractivity contribution in [3.05, 3.63) is 41.0 Å². The number of phenols is 2. The van der Waals surface area contributed by atoms with Crippen LogP contribution in [0.5, 0.6) is 17.2 Å². The molecule has 4 nitrogen and oxygen atoms in total. The number of esters is 1. The molecule has 25 heavy (non-hydrogen) atoms. The van der Waals surface area contributed by atoms with E-state index in [1.807, 2.05) is 26.8 Å². The number of aromatic hydroxyl groups is 2. The van der Waals surface area contributed by atoms with Crippen molar-refractivity contribution >= 4 is 5.97 Å². The van der Waals surface area contributed by atoms with Crippen LogP contribution in [0.1, 0.15) is 59.4 Å². The molecule has 0 saturated heterocycles. The summed E-state index contributed by atoms with van der Waals surface area (Å²) < 4.78 is 5.43. The molecule has 0 radical (unpaired) electrons. The van der Waals surface area contributed by atoms with E-state index < -0.39 is 0 Å². The first-order valence-corrected chi connectivity index (χ1v) is 8.71. The van der Waals surface area contributed by atoms with E-state index in [0.29, 0.717) is 18.4 Å². The SMILES string of the molecule is CC(C)=CCCC(C)CC(=O)Oc1cc(O)cc(O)c1CC=C(C)C. The summed E-state index contributed by atoms with van der Waals surface area (Å²) in [7, 11) is 0. The highest BCUT2D eigenvalue weighted by Gasteiger charge is 2.16. The molecule has 0 aliphatic heterocycles. The molecule has 1 aromatic rings. The van der Waals surface area contributed by atoms with Gasteiger partial charge >= 0.3 is 5.97 Å². The molecule has 1 unspecified atom stereocenters. The van der Waals surface area contributed by atoms with Gasteiger partial charge in [-0.3, -0.25) is 4.79 Å². The van der Waals surface area contributed by atoms with E-state index in [1.165, 1.54) is 17.7 Å². The number of hydrogen-bond acceptors (Lipinski definition) is 4. The first kappa shape index (κ1) is 20.8. The molecule has 1 aromatic carbocycles. The molecular formula is C21H30O4. The Morgan fingerprint density at radius 1 is 1.12 bits per heavy atom. The minimum absolute atomic E-state index is 0.0723. The fourth-order valence-corrected chi connectivity index (χ4v) is 2.43. The molecule has 0 amide bonds. The van der Waals surface area contributed by atoms with Crippen LogP contribution in [0.3, 0.4) is 0 Å². The van der Waals surface area contributed by atoms with Gasteiger partial charge in [-0.25, -0.2) is 0 Å². The summed E-state index contributed by atoms with van der Waals surface area (Å²) in [5, 5.41) is 19.7. The lowest BCUT2D eigenvalue weighted by molar-refractivity contribution is -0.135. The summed E-state index contributed by atoms with van der Waals surface area (Å²) in [6.45, 7) is 10.0. The number of allylic oxidation sites excluding steroid dienone is 4. The van der Waals surface area contributed by atoms with Gasteiger partial charge in [-0.05, 0) is 52.9 Å². The standard InChI is InChI=1S/C21H30O4/c1-14(2)7-6-8-16(5)11-21(24)25-20-13-17(22)12-19(23)18(20)10-9-15(3)4/h7,9,12-13,16,22-23H,6,8,10-11H2,1-5H3. The van der Waals surface area contributed by atoms with Crippen molar-refractivity contribution in [1.82, 2.24) is 0 Å². The maximum atomic E-state index is 12.2. The Morgan fingerprint density at radius 2 is 1.76 bits per heavy atom. The van der Waals surface area contributed by atoms with E-state index >= 15 is 0 Å². The first-order valence-electron chi connectivity index (χ1n) is 8.71. The van der Waals surface area contributed by atoms with Crippen LogP contribution in [0.15, 0.2) is 35.4 Å². The third-order valence-electron chi connectivity index (χ3n) is 3.84. The number of benzene rings is 1. The van der Waals surface area contributed by atoms with E-state index in [1.54, 1.807) is 0 Å². The van der Waals surface area contributed by atoms with Gasteiger partial charge in [-0.1, -0.05) is 30.2 Å². The minimum Gasteiger partial charge on any atom is -0.508 e. The molecule has 2 N–H and O–H groups in total. The summed E-state index contributed by atoms with van der Waals surface area (Å²) in [6, 6.07) is 2.63. The smallest absolute Gasteiger partial charge is 0.311 e. The zero-order valence-electron chi connectivity index (χ0n) is 15.9. The van der Waals surface area contributed by atoms with Crippen molar-refractivity contribution in [2.75, 3.05) is 0 Å². The normalized spacial score (nSPS) is 11.6. The summed E-state index contributed by atoms with van der Waals surface area (Å²) in [4.78, 5) is 12.2. The highest BCUT2D eigenvalue weighted by Crippen LogP contribution is 2.34. The largest absolute Gasteiger partial charge is 0.508 e. The van der Waals surface area contributed by atoms with Crippen LogP contribution in [0, 0.1) is 5.92 Å². The van der Waals surface area contributed by atoms with Crippen LogP contribution in [-0.2, 0) is 11.2 Å². The Kier molecular flexibility index (Phi) is 8.26. The number of carbonyl (C=O) groups excluding carboxylic acids is 1. The van der Waals surface area contributed by atoms with Crippen molar-refractivity contribution in [3.8, 4) is 17.2 Å². The molecule has 0 bridgehead atoms. The average Bonchev–Trinajstić information content (AvgIpc) is 2.45. The molecular weight excluding hydrogens is 316 g/mol. The topological polar surface area (TPSA) is 66.8 Å². The van der Waals surface area contributed by atoms with Gasteiger partial charge < -0.3 is 14.9 Å². The maximum Gasteiger partial charge on any atom is 0.311 e. The Morgan fingerprint density at radius 3 is 2.36 bits per heavy atom. The van der Waals surface area contributed by atoms with Crippen molar-refractivity contribution in [2.45, 2.75) is 60.3 Å². The van der Waals surface area contributed by atoms with Crippen LogP contribution in [0.25, 0.3) is 0 Å². The summed E-state index contributed by atoms with van der Waals surface area (Å²) >= 11 is 0. The second-order valence-electron chi connectivity index (χ2n) is 7.07. The summed E-state index contributed by atoms with van der Waals surface area (Å²) in [5.41, 5.74) is 2.87. The van der Waals surface area contributed by atoms with Crippen molar-refractivity contribution in [1.29, 1.82) is 0 Å². The molecule has 1 rings (SSSR count). The van der Waals surface area contributed by atoms with E-state index in [0.717, 1.165) is 18.4 Å². The van der Waals surface area contributed by atoms with E-state index in [9.17, 15) is 15.0 Å². The Balaban J connectivity index is 2.78. The van der Waals surface area contributed by atoms with Gasteiger partial charge in [0.25, 0.3) is 0 Å². The van der Waals surface area contributed by atoms with E-state index in [2.05, 4.69) is 19.9 Å². The second kappa shape index (κ2) is 9.92. The van der Waals surface area contributed by atoms with Gasteiger partial charge in [-0.15, -0.1) is 0 Å². The van der Waals surface area contributed by atoms with E-state index in [4.69, 9.17) is 4.74 Å². The summed E-state index contributed by atoms with van der Waals surface area (Å²) in [5.74, 6) is -0.130. The number of phenolic OH excluding ortho intramolecular Hbond substituents is 2. The summed E-state index contributed by atoms with van der Waals surface area (Å²) in [6.07, 6.45) is 6.69. The minimum atomic E-state index is -0.354. The quantitative estimate of drug-likeness (QED) is 0.381. The fourth-order valence-electron chi connectivity index (χ4n) is 2.43. The monoisotopic (exact) mass is 346 g/mol. The highest BCUT2D eigenvalue weighted by atomic mass is 16.5. The predicted molar refractivity (Wildman–Crippen MR) is 101 cm³/mol. The van der Waals surface area contributed by atoms with Gasteiger partial charge in [-0.2, -0.15) is 0 Å². The van der Waals surface area contributed by atoms with Crippen LogP contribution >= 0.6 is 0 Å². The number of carbonyl (C=O) groups is 1. The number of ether oxygens (including phenoxy) is 1. The lowest BCUT2D eigenvalue weighted by Gasteiger charge is -2.14. The van der Waals surface area contributed by atoms with Crippen LogP contribution in [0.4, 0.5) is 0 Å². The van der Waals surface area contributed by atoms with Crippen LogP contribution < -0.4 is 4.74 Å². The molecule has 0 heterocycles. The Bertz CT molecular complexity index is 648. The lowest BCUT2D eigenvalue weighted by Crippen LogP contribution is -2.13. The van der Waals surface area contributed by atoms with Crippen molar-refractivity contribution in [3.63, 3.8) is 0 Å². The molecule has 1 atom stereocenters. The van der Waals surface area contributed by atoms with Gasteiger partial charge in [0.15, 0.2) is 0 Å². The number of rotatable bonds is 8. The maximum absolute atomic E-state index is 12.2. The third kappa shape index (κ3) is 7.92. The fraction of sp³-hybridized carbons (Fsp3) is 0.476. The van der Waals surface area contributed by atoms with Gasteiger partial charge in [0.05, 0.1) is 0 Å². The molecule has 0 fully saturated rings. The van der Waals surface area contributed by atoms with Crippen LogP contribution in [0.2, 0.25) is 0 Å². The third-order valence-corrected chi connectivity index (χ3v) is 3.84. The molecule has 0 aliphatic rings. The second-order valence-corrected chi connectivity index (χ2v) is 7.07. The first-order chi connectivity index (χ1) is 11.7. The zero-order chi connectivity index (χ0) is 19.0. The Labute approximate surface area is 150 Å². The molecule has 0 aromatic heterocycles. The van der Waals surface area contributed by atoms with Crippen LogP contribution in [-0.4, -0.2) is 16.2 Å². The molecule has 0 saturated carbocycles. The molecule has 4 heteroatoms. The van der Waals surface area contributed by atoms with Crippen molar-refractivity contribution in [2.24, 2.45) is 5.92 Å². The lowest BCUT2D eigenvalue weighted by atomic mass is 10.0. The zero-order valence-corrected chi connectivity index (χ0v) is 15.9. The highest BCUT2D eigenvalue weighted by molar-refractivity contribution is 5.73. The van der Waals surface area contributed by atoms with Gasteiger partial charge in [0.1, 0.15) is 17.2 Å². The van der Waals surface area contributed by atoms with Gasteiger partial charge in [0.2, 0.25) is 0 Å². The Hall–Kier alpha value is -2.23. The molecule has 0 aliphatic carbocycles.